The number of hydrogen-bond acceptors (Lipinski definition) is 2. The lowest BCUT2D eigenvalue weighted by Crippen LogP contribution is -2.36. The van der Waals surface area contributed by atoms with Crippen molar-refractivity contribution in [2.45, 2.75) is 38.7 Å². The van der Waals surface area contributed by atoms with Crippen LogP contribution in [0.3, 0.4) is 0 Å². The van der Waals surface area contributed by atoms with Crippen LogP contribution in [-0.2, 0) is 4.79 Å². The largest absolute Gasteiger partial charge is 0.343 e. The molecule has 1 fully saturated rings. The molecule has 15 heavy (non-hydrogen) atoms. The molecule has 0 radical (unpaired) electrons. The highest BCUT2D eigenvalue weighted by molar-refractivity contribution is 5.76. The van der Waals surface area contributed by atoms with Gasteiger partial charge in [-0.2, -0.15) is 0 Å². The smallest absolute Gasteiger partial charge is 0.253 e. The average Bonchev–Trinajstić information content (AvgIpc) is 2.70. The lowest BCUT2D eigenvalue weighted by Gasteiger charge is -2.16. The van der Waals surface area contributed by atoms with E-state index in [4.69, 9.17) is 0 Å². The van der Waals surface area contributed by atoms with E-state index in [1.54, 1.807) is 4.90 Å². The number of carbonyl (C=O) groups is 1. The number of rotatable bonds is 5. The Bertz CT molecular complexity index is 206. The summed E-state index contributed by atoms with van der Waals surface area (Å²) in [6, 6.07) is -0.837. The van der Waals surface area contributed by atoms with Gasteiger partial charge in [-0.25, -0.2) is 8.78 Å². The van der Waals surface area contributed by atoms with E-state index in [0.29, 0.717) is 13.0 Å². The standard InChI is InChI=1S/C10H18F2N2O/c1-8(10(11)12)13-5-4-9(15)14-6-2-3-7-14/h8,10,13H,2-7H2,1H3. The second-order valence-corrected chi connectivity index (χ2v) is 3.92. The van der Waals surface area contributed by atoms with Gasteiger partial charge >= 0.3 is 0 Å². The summed E-state index contributed by atoms with van der Waals surface area (Å²) in [5, 5.41) is 2.64. The molecule has 1 amide bonds. The molecule has 1 unspecified atom stereocenters. The zero-order valence-electron chi connectivity index (χ0n) is 9.01. The molecule has 0 saturated carbocycles. The van der Waals surface area contributed by atoms with Crippen LogP contribution >= 0.6 is 0 Å². The summed E-state index contributed by atoms with van der Waals surface area (Å²) in [5.74, 6) is 0.0708. The fourth-order valence-electron chi connectivity index (χ4n) is 1.62. The lowest BCUT2D eigenvalue weighted by molar-refractivity contribution is -0.130. The van der Waals surface area contributed by atoms with Crippen molar-refractivity contribution in [3.05, 3.63) is 0 Å². The van der Waals surface area contributed by atoms with Crippen LogP contribution in [0.2, 0.25) is 0 Å². The Kier molecular flexibility index (Phi) is 4.94. The fraction of sp³-hybridized carbons (Fsp3) is 0.900. The van der Waals surface area contributed by atoms with Crippen molar-refractivity contribution in [1.29, 1.82) is 0 Å². The minimum absolute atomic E-state index is 0.0708. The van der Waals surface area contributed by atoms with Crippen molar-refractivity contribution in [3.63, 3.8) is 0 Å². The quantitative estimate of drug-likeness (QED) is 0.756. The van der Waals surface area contributed by atoms with Gasteiger partial charge in [0.2, 0.25) is 5.91 Å². The van der Waals surface area contributed by atoms with Crippen molar-refractivity contribution in [1.82, 2.24) is 10.2 Å². The van der Waals surface area contributed by atoms with Crippen LogP contribution in [-0.4, -0.2) is 42.9 Å². The molecule has 0 aliphatic carbocycles. The number of nitrogens with one attached hydrogen (secondary N) is 1. The molecule has 1 atom stereocenters. The molecule has 1 saturated heterocycles. The maximum absolute atomic E-state index is 12.1. The highest BCUT2D eigenvalue weighted by atomic mass is 19.3. The molecule has 1 heterocycles. The van der Waals surface area contributed by atoms with Gasteiger partial charge in [0.1, 0.15) is 0 Å². The number of halogens is 2. The molecular formula is C10H18F2N2O. The summed E-state index contributed by atoms with van der Waals surface area (Å²) < 4.78 is 24.2. The minimum atomic E-state index is -2.37. The second-order valence-electron chi connectivity index (χ2n) is 3.92. The zero-order chi connectivity index (χ0) is 11.3. The van der Waals surface area contributed by atoms with Crippen LogP contribution in [0.4, 0.5) is 8.78 Å². The van der Waals surface area contributed by atoms with Gasteiger partial charge < -0.3 is 10.2 Å². The molecule has 0 aromatic carbocycles. The van der Waals surface area contributed by atoms with E-state index in [0.717, 1.165) is 25.9 Å². The van der Waals surface area contributed by atoms with Crippen LogP contribution in [0.25, 0.3) is 0 Å². The van der Waals surface area contributed by atoms with Gasteiger partial charge in [0.25, 0.3) is 6.43 Å². The molecule has 0 bridgehead atoms. The molecule has 1 aliphatic heterocycles. The molecule has 1 aliphatic rings. The maximum atomic E-state index is 12.1. The zero-order valence-corrected chi connectivity index (χ0v) is 9.01. The molecule has 0 aromatic heterocycles. The normalized spacial score (nSPS) is 18.5. The topological polar surface area (TPSA) is 32.3 Å². The van der Waals surface area contributed by atoms with Crippen LogP contribution in [0, 0.1) is 0 Å². The molecule has 88 valence electrons. The van der Waals surface area contributed by atoms with Crippen molar-refractivity contribution < 1.29 is 13.6 Å². The first-order valence-electron chi connectivity index (χ1n) is 5.40. The molecule has 3 nitrogen and oxygen atoms in total. The number of nitrogens with zero attached hydrogens (tertiary/aromatic N) is 1. The molecule has 1 rings (SSSR count). The summed E-state index contributed by atoms with van der Waals surface area (Å²) in [7, 11) is 0. The van der Waals surface area contributed by atoms with E-state index >= 15 is 0 Å². The average molecular weight is 220 g/mol. The third-order valence-electron chi connectivity index (χ3n) is 2.64. The van der Waals surface area contributed by atoms with Gasteiger partial charge in [-0.3, -0.25) is 4.79 Å². The van der Waals surface area contributed by atoms with Gasteiger partial charge in [-0.15, -0.1) is 0 Å². The summed E-state index contributed by atoms with van der Waals surface area (Å²) in [4.78, 5) is 13.3. The summed E-state index contributed by atoms with van der Waals surface area (Å²) in [6.45, 7) is 3.40. The Labute approximate surface area is 88.8 Å². The summed E-state index contributed by atoms with van der Waals surface area (Å²) >= 11 is 0. The Morgan fingerprint density at radius 1 is 1.40 bits per heavy atom. The first-order chi connectivity index (χ1) is 7.11. The van der Waals surface area contributed by atoms with Crippen LogP contribution in [0.15, 0.2) is 0 Å². The van der Waals surface area contributed by atoms with Crippen LogP contribution in [0.5, 0.6) is 0 Å². The molecule has 0 aromatic rings. The fourth-order valence-corrected chi connectivity index (χ4v) is 1.62. The Hall–Kier alpha value is -0.710. The highest BCUT2D eigenvalue weighted by Gasteiger charge is 2.18. The molecule has 1 N–H and O–H groups in total. The number of likely N-dealkylation sites (tertiary alicyclic amines) is 1. The third-order valence-corrected chi connectivity index (χ3v) is 2.64. The van der Waals surface area contributed by atoms with Crippen molar-refractivity contribution >= 4 is 5.91 Å². The van der Waals surface area contributed by atoms with E-state index in [-0.39, 0.29) is 5.91 Å². The molecule has 5 heteroatoms. The van der Waals surface area contributed by atoms with Gasteiger partial charge in [0.05, 0.1) is 6.04 Å². The predicted octanol–water partition coefficient (Wildman–Crippen LogP) is 1.24. The highest BCUT2D eigenvalue weighted by Crippen LogP contribution is 2.08. The first kappa shape index (κ1) is 12.4. The van der Waals surface area contributed by atoms with Gasteiger partial charge in [-0.05, 0) is 19.8 Å². The number of carbonyl (C=O) groups excluding carboxylic acids is 1. The maximum Gasteiger partial charge on any atom is 0.253 e. The van der Waals surface area contributed by atoms with Gasteiger partial charge in [0.15, 0.2) is 0 Å². The van der Waals surface area contributed by atoms with Gasteiger partial charge in [0, 0.05) is 26.1 Å². The van der Waals surface area contributed by atoms with Crippen LogP contribution in [0.1, 0.15) is 26.2 Å². The SMILES string of the molecule is CC(NCCC(=O)N1CCCC1)C(F)F. The van der Waals surface area contributed by atoms with E-state index in [9.17, 15) is 13.6 Å². The Morgan fingerprint density at radius 3 is 2.53 bits per heavy atom. The third kappa shape index (κ3) is 4.11. The summed E-state index contributed by atoms with van der Waals surface area (Å²) in [5.41, 5.74) is 0. The number of amides is 1. The predicted molar refractivity (Wildman–Crippen MR) is 53.9 cm³/mol. The van der Waals surface area contributed by atoms with E-state index in [1.807, 2.05) is 0 Å². The van der Waals surface area contributed by atoms with E-state index in [2.05, 4.69) is 5.32 Å². The second kappa shape index (κ2) is 6.00. The van der Waals surface area contributed by atoms with E-state index < -0.39 is 12.5 Å². The molecule has 0 spiro atoms. The number of alkyl halides is 2. The van der Waals surface area contributed by atoms with Crippen molar-refractivity contribution in [3.8, 4) is 0 Å². The lowest BCUT2D eigenvalue weighted by atomic mass is 10.3. The van der Waals surface area contributed by atoms with Crippen LogP contribution < -0.4 is 5.32 Å². The monoisotopic (exact) mass is 220 g/mol. The van der Waals surface area contributed by atoms with Crippen molar-refractivity contribution in [2.75, 3.05) is 19.6 Å². The Balaban J connectivity index is 2.11. The number of hydrogen-bond donors (Lipinski definition) is 1. The first-order valence-corrected chi connectivity index (χ1v) is 5.40. The summed E-state index contributed by atoms with van der Waals surface area (Å²) in [6.07, 6.45) is 0.0721. The Morgan fingerprint density at radius 2 is 2.00 bits per heavy atom. The van der Waals surface area contributed by atoms with Gasteiger partial charge in [-0.1, -0.05) is 0 Å². The minimum Gasteiger partial charge on any atom is -0.343 e. The van der Waals surface area contributed by atoms with Crippen molar-refractivity contribution in [2.24, 2.45) is 0 Å². The van der Waals surface area contributed by atoms with E-state index in [1.165, 1.54) is 6.92 Å². The molecular weight excluding hydrogens is 202 g/mol.